The minimum atomic E-state index is -4.55. The smallest absolute Gasteiger partial charge is 0.378 e. The Morgan fingerprint density at radius 1 is 1.31 bits per heavy atom. The molecule has 35 heavy (non-hydrogen) atoms. The summed E-state index contributed by atoms with van der Waals surface area (Å²) in [6.45, 7) is 3.68. The summed E-state index contributed by atoms with van der Waals surface area (Å²) in [7, 11) is 0. The van der Waals surface area contributed by atoms with Gasteiger partial charge in [0.15, 0.2) is 0 Å². The summed E-state index contributed by atoms with van der Waals surface area (Å²) in [4.78, 5) is 16.0. The molecule has 2 aliphatic rings. The first-order valence-corrected chi connectivity index (χ1v) is 12.6. The summed E-state index contributed by atoms with van der Waals surface area (Å²) >= 11 is 0.834. The number of nitrogens with one attached hydrogen (secondary N) is 2. The first kappa shape index (κ1) is 24.3. The molecule has 0 radical (unpaired) electrons. The zero-order valence-corrected chi connectivity index (χ0v) is 20.4. The van der Waals surface area contributed by atoms with Gasteiger partial charge in [0.25, 0.3) is 0 Å². The van der Waals surface area contributed by atoms with E-state index >= 15 is 0 Å². The number of nitrogens with zero attached hydrogens (tertiary/aromatic N) is 2. The van der Waals surface area contributed by atoms with Gasteiger partial charge in [0.1, 0.15) is 12.2 Å². The topological polar surface area (TPSA) is 89.3 Å². The SMILES string of the molecule is CC1(C)C[C@@H](Nc2cccc3c(SC(F)(F)F)c(-c4noc([C@H]5CCC(=O)N5)n4)sc23)[C@@H](F)CO1. The van der Waals surface area contributed by atoms with Crippen molar-refractivity contribution in [1.82, 2.24) is 15.5 Å². The predicted octanol–water partition coefficient (Wildman–Crippen LogP) is 5.83. The van der Waals surface area contributed by atoms with E-state index in [1.807, 2.05) is 13.8 Å². The molecule has 2 saturated heterocycles. The third-order valence-electron chi connectivity index (χ3n) is 5.95. The fraction of sp³-hybridized carbons (Fsp3) is 0.500. The number of carbonyl (C=O) groups is 1. The average molecular weight is 531 g/mol. The molecular formula is C22H22F4N4O3S2. The van der Waals surface area contributed by atoms with Gasteiger partial charge in [0.2, 0.25) is 17.6 Å². The highest BCUT2D eigenvalue weighted by atomic mass is 32.2. The molecule has 3 atom stereocenters. The van der Waals surface area contributed by atoms with Crippen LogP contribution in [0.2, 0.25) is 0 Å². The number of hydrogen-bond donors (Lipinski definition) is 2. The lowest BCUT2D eigenvalue weighted by Crippen LogP contribution is -2.47. The molecule has 0 bridgehead atoms. The molecule has 13 heteroatoms. The molecule has 7 nitrogen and oxygen atoms in total. The molecule has 1 aromatic carbocycles. The largest absolute Gasteiger partial charge is 0.446 e. The number of aromatic nitrogens is 2. The van der Waals surface area contributed by atoms with Crippen LogP contribution in [0, 0.1) is 0 Å². The zero-order valence-electron chi connectivity index (χ0n) is 18.7. The maximum Gasteiger partial charge on any atom is 0.446 e. The number of alkyl halides is 4. The van der Waals surface area contributed by atoms with Gasteiger partial charge in [0, 0.05) is 16.7 Å². The Morgan fingerprint density at radius 2 is 2.11 bits per heavy atom. The van der Waals surface area contributed by atoms with Crippen LogP contribution in [-0.2, 0) is 9.53 Å². The van der Waals surface area contributed by atoms with E-state index in [1.54, 1.807) is 18.2 Å². The van der Waals surface area contributed by atoms with Gasteiger partial charge in [0.05, 0.1) is 33.5 Å². The normalized spacial score (nSPS) is 24.6. The highest BCUT2D eigenvalue weighted by Gasteiger charge is 2.38. The summed E-state index contributed by atoms with van der Waals surface area (Å²) in [5.41, 5.74) is -4.55. The van der Waals surface area contributed by atoms with E-state index in [4.69, 9.17) is 9.26 Å². The van der Waals surface area contributed by atoms with Crippen LogP contribution in [0.4, 0.5) is 23.2 Å². The van der Waals surface area contributed by atoms with Crippen LogP contribution in [-0.4, -0.2) is 46.0 Å². The molecule has 2 aliphatic heterocycles. The van der Waals surface area contributed by atoms with Gasteiger partial charge in [-0.3, -0.25) is 4.79 Å². The van der Waals surface area contributed by atoms with Crippen molar-refractivity contribution < 1.29 is 31.6 Å². The standard InChI is InChI=1S/C22H22F4N4O3S2/c1-21(2)8-14(11(23)9-32-21)27-12-5-3-4-10-16(12)34-18(17(10)35-22(24,25)26)19-29-20(33-30-19)13-6-7-15(31)28-13/h3-5,11,13-14,27H,6-9H2,1-2H3,(H,28,31)/t11-,13+,14+/m0/s1. The second kappa shape index (κ2) is 8.93. The van der Waals surface area contributed by atoms with Crippen LogP contribution in [0.3, 0.4) is 0 Å². The van der Waals surface area contributed by atoms with Crippen molar-refractivity contribution in [3.8, 4) is 10.7 Å². The lowest BCUT2D eigenvalue weighted by molar-refractivity contribution is -0.119. The number of fused-ring (bicyclic) bond motifs is 1. The third kappa shape index (κ3) is 5.12. The third-order valence-corrected chi connectivity index (χ3v) is 8.17. The van der Waals surface area contributed by atoms with Crippen LogP contribution in [0.1, 0.15) is 45.0 Å². The Kier molecular flexibility index (Phi) is 6.20. The van der Waals surface area contributed by atoms with Gasteiger partial charge in [-0.25, -0.2) is 4.39 Å². The van der Waals surface area contributed by atoms with Crippen LogP contribution in [0.15, 0.2) is 27.6 Å². The molecule has 0 spiro atoms. The van der Waals surface area contributed by atoms with Crippen molar-refractivity contribution in [1.29, 1.82) is 0 Å². The van der Waals surface area contributed by atoms with Crippen LogP contribution in [0.25, 0.3) is 20.8 Å². The number of thioether (sulfide) groups is 1. The summed E-state index contributed by atoms with van der Waals surface area (Å²) < 4.78 is 66.5. The van der Waals surface area contributed by atoms with Gasteiger partial charge < -0.3 is 19.9 Å². The first-order valence-electron chi connectivity index (χ1n) is 11.0. The molecule has 0 unspecified atom stereocenters. The maximum atomic E-state index is 14.6. The number of hydrogen-bond acceptors (Lipinski definition) is 8. The van der Waals surface area contributed by atoms with Crippen molar-refractivity contribution in [2.45, 2.75) is 67.4 Å². The van der Waals surface area contributed by atoms with Gasteiger partial charge >= 0.3 is 5.51 Å². The maximum absolute atomic E-state index is 14.6. The molecule has 4 heterocycles. The second-order valence-electron chi connectivity index (χ2n) is 9.15. The van der Waals surface area contributed by atoms with Gasteiger partial charge in [-0.2, -0.15) is 18.2 Å². The van der Waals surface area contributed by atoms with Gasteiger partial charge in [-0.1, -0.05) is 17.3 Å². The highest BCUT2D eigenvalue weighted by Crippen LogP contribution is 2.51. The van der Waals surface area contributed by atoms with E-state index in [2.05, 4.69) is 20.8 Å². The molecule has 5 rings (SSSR count). The second-order valence-corrected chi connectivity index (χ2v) is 11.2. The van der Waals surface area contributed by atoms with Gasteiger partial charge in [-0.05, 0) is 44.5 Å². The lowest BCUT2D eigenvalue weighted by Gasteiger charge is -2.38. The molecule has 2 fully saturated rings. The fourth-order valence-corrected chi connectivity index (χ4v) is 6.43. The fourth-order valence-electron chi connectivity index (χ4n) is 4.32. The minimum absolute atomic E-state index is 0.00983. The molecule has 2 N–H and O–H groups in total. The number of carbonyl (C=O) groups excluding carboxylic acids is 1. The van der Waals surface area contributed by atoms with Crippen molar-refractivity contribution in [2.24, 2.45) is 0 Å². The van der Waals surface area contributed by atoms with Crippen molar-refractivity contribution in [2.75, 3.05) is 11.9 Å². The first-order chi connectivity index (χ1) is 16.5. The van der Waals surface area contributed by atoms with E-state index in [0.29, 0.717) is 35.0 Å². The molecule has 0 saturated carbocycles. The van der Waals surface area contributed by atoms with Crippen molar-refractivity contribution in [3.05, 3.63) is 24.1 Å². The molecule has 188 valence electrons. The Bertz CT molecular complexity index is 1260. The Balaban J connectivity index is 1.54. The van der Waals surface area contributed by atoms with Crippen molar-refractivity contribution in [3.63, 3.8) is 0 Å². The van der Waals surface area contributed by atoms with Crippen molar-refractivity contribution >= 4 is 44.8 Å². The van der Waals surface area contributed by atoms with Crippen LogP contribution in [0.5, 0.6) is 0 Å². The minimum Gasteiger partial charge on any atom is -0.378 e. The molecule has 3 aromatic rings. The molecular weight excluding hydrogens is 508 g/mol. The Hall–Kier alpha value is -2.38. The number of halogens is 4. The molecule has 2 aromatic heterocycles. The number of anilines is 1. The average Bonchev–Trinajstić information content (AvgIpc) is 3.49. The Labute approximate surface area is 206 Å². The van der Waals surface area contributed by atoms with Gasteiger partial charge in [-0.15, -0.1) is 11.3 Å². The highest BCUT2D eigenvalue weighted by molar-refractivity contribution is 8.00. The van der Waals surface area contributed by atoms with E-state index in [9.17, 15) is 22.4 Å². The summed E-state index contributed by atoms with van der Waals surface area (Å²) in [6.07, 6.45) is -0.0812. The number of rotatable bonds is 5. The summed E-state index contributed by atoms with van der Waals surface area (Å²) in [5.74, 6) is 0.00744. The van der Waals surface area contributed by atoms with Crippen LogP contribution < -0.4 is 10.6 Å². The predicted molar refractivity (Wildman–Crippen MR) is 124 cm³/mol. The quantitative estimate of drug-likeness (QED) is 0.317. The molecule has 0 aliphatic carbocycles. The lowest BCUT2D eigenvalue weighted by atomic mass is 9.92. The monoisotopic (exact) mass is 530 g/mol. The van der Waals surface area contributed by atoms with E-state index in [1.165, 1.54) is 0 Å². The number of amides is 1. The van der Waals surface area contributed by atoms with Crippen LogP contribution >= 0.6 is 23.1 Å². The summed E-state index contributed by atoms with van der Waals surface area (Å²) in [6, 6.07) is 3.92. The number of benzene rings is 1. The zero-order chi connectivity index (χ0) is 25.0. The Morgan fingerprint density at radius 3 is 2.83 bits per heavy atom. The van der Waals surface area contributed by atoms with E-state index in [-0.39, 0.29) is 45.8 Å². The summed E-state index contributed by atoms with van der Waals surface area (Å²) in [5, 5.41) is 10.2. The van der Waals surface area contributed by atoms with E-state index in [0.717, 1.165) is 11.3 Å². The number of thiophene rings is 1. The molecule has 1 amide bonds. The van der Waals surface area contributed by atoms with E-state index < -0.39 is 29.4 Å². The number of ether oxygens (including phenoxy) is 1.